The highest BCUT2D eigenvalue weighted by Gasteiger charge is 2.30. The Morgan fingerprint density at radius 1 is 0.931 bits per heavy atom. The largest absolute Gasteiger partial charge is 0.303 e. The molecule has 0 unspecified atom stereocenters. The maximum Gasteiger partial charge on any atom is 0.192 e. The van der Waals surface area contributed by atoms with Gasteiger partial charge in [-0.15, -0.1) is 10.2 Å². The van der Waals surface area contributed by atoms with Gasteiger partial charge in [-0.25, -0.2) is 0 Å². The van der Waals surface area contributed by atoms with Gasteiger partial charge in [-0.3, -0.25) is 4.79 Å². The molecule has 0 bridgehead atoms. The summed E-state index contributed by atoms with van der Waals surface area (Å²) in [6.07, 6.45) is 9.71. The molecule has 0 saturated heterocycles. The van der Waals surface area contributed by atoms with Gasteiger partial charge in [0.05, 0.1) is 5.25 Å². The number of carbonyl (C=O) groups excluding carboxylic acids is 1. The maximum absolute atomic E-state index is 12.2. The highest BCUT2D eigenvalue weighted by molar-refractivity contribution is 8.00. The average Bonchev–Trinajstić information content (AvgIpc) is 3.35. The molecular weight excluding hydrogens is 378 g/mol. The van der Waals surface area contributed by atoms with E-state index in [1.54, 1.807) is 11.8 Å². The summed E-state index contributed by atoms with van der Waals surface area (Å²) in [6, 6.07) is 15.5. The van der Waals surface area contributed by atoms with Crippen molar-refractivity contribution in [1.29, 1.82) is 0 Å². The van der Waals surface area contributed by atoms with Gasteiger partial charge in [0.2, 0.25) is 0 Å². The smallest absolute Gasteiger partial charge is 0.192 e. The van der Waals surface area contributed by atoms with E-state index in [0.717, 1.165) is 36.7 Å². The zero-order valence-corrected chi connectivity index (χ0v) is 17.5. The number of hydrogen-bond acceptors (Lipinski definition) is 4. The molecule has 150 valence electrons. The third-order valence-corrected chi connectivity index (χ3v) is 7.67. The molecule has 2 fully saturated rings. The van der Waals surface area contributed by atoms with Crippen LogP contribution in [0.4, 0.5) is 0 Å². The van der Waals surface area contributed by atoms with E-state index in [1.165, 1.54) is 48.4 Å². The zero-order chi connectivity index (χ0) is 19.6. The number of hydrogen-bond donors (Lipinski definition) is 0. The summed E-state index contributed by atoms with van der Waals surface area (Å²) in [7, 11) is 0. The summed E-state index contributed by atoms with van der Waals surface area (Å²) in [5.74, 6) is 1.42. The van der Waals surface area contributed by atoms with Crippen LogP contribution in [0.1, 0.15) is 68.8 Å². The van der Waals surface area contributed by atoms with Gasteiger partial charge in [0.1, 0.15) is 11.6 Å². The monoisotopic (exact) mass is 405 g/mol. The highest BCUT2D eigenvalue weighted by Crippen LogP contribution is 2.37. The summed E-state index contributed by atoms with van der Waals surface area (Å²) < 4.78 is 2.39. The van der Waals surface area contributed by atoms with E-state index in [2.05, 4.69) is 57.2 Å². The molecule has 0 amide bonds. The van der Waals surface area contributed by atoms with E-state index < -0.39 is 0 Å². The SMILES string of the molecule is O=C1CCC[C@H]1Sc1nnc(Cc2cccc3ccccc23)n1C1CCCCC1. The van der Waals surface area contributed by atoms with Gasteiger partial charge in [0, 0.05) is 18.9 Å². The number of ketones is 1. The lowest BCUT2D eigenvalue weighted by Crippen LogP contribution is -2.18. The first-order valence-electron chi connectivity index (χ1n) is 10.9. The van der Waals surface area contributed by atoms with Gasteiger partial charge < -0.3 is 4.57 Å². The fourth-order valence-electron chi connectivity index (χ4n) is 4.87. The third kappa shape index (κ3) is 3.85. The first-order valence-corrected chi connectivity index (χ1v) is 11.8. The lowest BCUT2D eigenvalue weighted by molar-refractivity contribution is -0.116. The molecule has 2 aliphatic rings. The van der Waals surface area contributed by atoms with Gasteiger partial charge in [-0.2, -0.15) is 0 Å². The van der Waals surface area contributed by atoms with E-state index >= 15 is 0 Å². The van der Waals surface area contributed by atoms with Crippen LogP contribution >= 0.6 is 11.8 Å². The van der Waals surface area contributed by atoms with Crippen molar-refractivity contribution in [3.8, 4) is 0 Å². The van der Waals surface area contributed by atoms with Crippen molar-refractivity contribution < 1.29 is 4.79 Å². The van der Waals surface area contributed by atoms with Crippen molar-refractivity contribution in [1.82, 2.24) is 14.8 Å². The Kier molecular flexibility index (Phi) is 5.40. The molecule has 2 saturated carbocycles. The summed E-state index contributed by atoms with van der Waals surface area (Å²) >= 11 is 1.65. The van der Waals surface area contributed by atoms with Gasteiger partial charge in [0.25, 0.3) is 0 Å². The number of fused-ring (bicyclic) bond motifs is 1. The van der Waals surface area contributed by atoms with Gasteiger partial charge in [-0.05, 0) is 42.0 Å². The predicted molar refractivity (Wildman–Crippen MR) is 117 cm³/mol. The van der Waals surface area contributed by atoms with Crippen LogP contribution in [-0.2, 0) is 11.2 Å². The minimum absolute atomic E-state index is 0.0620. The van der Waals surface area contributed by atoms with Gasteiger partial charge in [0.15, 0.2) is 5.16 Å². The zero-order valence-electron chi connectivity index (χ0n) is 16.7. The van der Waals surface area contributed by atoms with Crippen LogP contribution in [0.5, 0.6) is 0 Å². The standard InChI is InChI=1S/C24H27N3OS/c28-21-14-7-15-22(21)29-24-26-25-23(27(24)19-11-2-1-3-12-19)16-18-10-6-9-17-8-4-5-13-20(17)18/h4-6,8-10,13,19,22H,1-3,7,11-12,14-16H2/t22-/m1/s1. The van der Waals surface area contributed by atoms with Crippen molar-refractivity contribution in [2.24, 2.45) is 0 Å². The molecule has 5 rings (SSSR count). The van der Waals surface area contributed by atoms with Crippen LogP contribution in [0.15, 0.2) is 47.6 Å². The normalized spacial score (nSPS) is 20.6. The van der Waals surface area contributed by atoms with Crippen molar-refractivity contribution in [3.05, 3.63) is 53.9 Å². The second kappa shape index (κ2) is 8.31. The Hall–Kier alpha value is -2.14. The summed E-state index contributed by atoms with van der Waals surface area (Å²) in [5.41, 5.74) is 1.29. The molecule has 2 aromatic carbocycles. The first kappa shape index (κ1) is 18.9. The maximum atomic E-state index is 12.2. The number of aromatic nitrogens is 3. The van der Waals surface area contributed by atoms with Crippen molar-refractivity contribution in [3.63, 3.8) is 0 Å². The van der Waals surface area contributed by atoms with Crippen LogP contribution in [0.25, 0.3) is 10.8 Å². The first-order chi connectivity index (χ1) is 14.3. The van der Waals surface area contributed by atoms with Crippen LogP contribution < -0.4 is 0 Å². The molecular formula is C24H27N3OS. The number of carbonyl (C=O) groups is 1. The van der Waals surface area contributed by atoms with Gasteiger partial charge in [-0.1, -0.05) is 73.5 Å². The average molecular weight is 406 g/mol. The lowest BCUT2D eigenvalue weighted by atomic mass is 9.95. The molecule has 1 heterocycles. The Bertz CT molecular complexity index is 1020. The topological polar surface area (TPSA) is 47.8 Å². The molecule has 4 nitrogen and oxygen atoms in total. The van der Waals surface area contributed by atoms with E-state index in [4.69, 9.17) is 0 Å². The minimum atomic E-state index is 0.0620. The van der Waals surface area contributed by atoms with E-state index in [1.807, 2.05) is 0 Å². The summed E-state index contributed by atoms with van der Waals surface area (Å²) in [6.45, 7) is 0. The Morgan fingerprint density at radius 3 is 2.59 bits per heavy atom. The number of rotatable bonds is 5. The van der Waals surface area contributed by atoms with Crippen LogP contribution in [0, 0.1) is 0 Å². The second-order valence-electron chi connectivity index (χ2n) is 8.34. The summed E-state index contributed by atoms with van der Waals surface area (Å²) in [4.78, 5) is 12.2. The minimum Gasteiger partial charge on any atom is -0.303 e. The van der Waals surface area contributed by atoms with Crippen LogP contribution in [0.2, 0.25) is 0 Å². The van der Waals surface area contributed by atoms with Crippen molar-refractivity contribution >= 4 is 28.3 Å². The molecule has 1 atom stereocenters. The highest BCUT2D eigenvalue weighted by atomic mass is 32.2. The summed E-state index contributed by atoms with van der Waals surface area (Å²) in [5, 5.41) is 12.8. The molecule has 0 spiro atoms. The Balaban J connectivity index is 1.50. The van der Waals surface area contributed by atoms with E-state index in [9.17, 15) is 4.79 Å². The fraction of sp³-hybridized carbons (Fsp3) is 0.458. The lowest BCUT2D eigenvalue weighted by Gasteiger charge is -2.26. The second-order valence-corrected chi connectivity index (χ2v) is 9.51. The van der Waals surface area contributed by atoms with Gasteiger partial charge >= 0.3 is 0 Å². The van der Waals surface area contributed by atoms with E-state index in [-0.39, 0.29) is 5.25 Å². The molecule has 3 aromatic rings. The molecule has 0 radical (unpaired) electrons. The predicted octanol–water partition coefficient (Wildman–Crippen LogP) is 5.74. The third-order valence-electron chi connectivity index (χ3n) is 6.40. The molecule has 0 aliphatic heterocycles. The van der Waals surface area contributed by atoms with Crippen molar-refractivity contribution in [2.75, 3.05) is 0 Å². The molecule has 1 aromatic heterocycles. The number of nitrogens with zero attached hydrogens (tertiary/aromatic N) is 3. The fourth-order valence-corrected chi connectivity index (χ4v) is 6.11. The van der Waals surface area contributed by atoms with Crippen molar-refractivity contribution in [2.45, 2.75) is 74.2 Å². The van der Waals surface area contributed by atoms with Crippen LogP contribution in [-0.4, -0.2) is 25.8 Å². The Labute approximate surface area is 176 Å². The quantitative estimate of drug-likeness (QED) is 0.543. The number of thioether (sulfide) groups is 1. The number of benzene rings is 2. The van der Waals surface area contributed by atoms with Crippen LogP contribution in [0.3, 0.4) is 0 Å². The molecule has 0 N–H and O–H groups in total. The van der Waals surface area contributed by atoms with E-state index in [0.29, 0.717) is 11.8 Å². The number of Topliss-reactive ketones (excluding diaryl/α,β-unsaturated/α-hetero) is 1. The molecule has 2 aliphatic carbocycles. The Morgan fingerprint density at radius 2 is 1.76 bits per heavy atom. The molecule has 29 heavy (non-hydrogen) atoms. The molecule has 5 heteroatoms.